The van der Waals surface area contributed by atoms with E-state index in [9.17, 15) is 0 Å². The first kappa shape index (κ1) is 85.0. The summed E-state index contributed by atoms with van der Waals surface area (Å²) in [5.41, 5.74) is 37.3. The molecule has 1 unspecified atom stereocenters. The van der Waals surface area contributed by atoms with Crippen molar-refractivity contribution in [1.29, 1.82) is 0 Å². The van der Waals surface area contributed by atoms with Gasteiger partial charge in [0.15, 0.2) is 0 Å². The van der Waals surface area contributed by atoms with Gasteiger partial charge in [-0.1, -0.05) is 435 Å². The number of fused-ring (bicyclic) bond motifs is 19. The van der Waals surface area contributed by atoms with Gasteiger partial charge < -0.3 is 0 Å². The van der Waals surface area contributed by atoms with Crippen LogP contribution in [0.25, 0.3) is 78.5 Å². The van der Waals surface area contributed by atoms with Gasteiger partial charge in [0.25, 0.3) is 0 Å². The maximum Gasteiger partial charge on any atom is 0.0166 e. The van der Waals surface area contributed by atoms with Crippen molar-refractivity contribution in [2.24, 2.45) is 5.92 Å². The highest BCUT2D eigenvalue weighted by Gasteiger charge is 2.20. The molecule has 0 aromatic heterocycles. The van der Waals surface area contributed by atoms with E-state index in [1.165, 1.54) is 231 Å². The molecule has 0 radical (unpaired) electrons. The summed E-state index contributed by atoms with van der Waals surface area (Å²) in [4.78, 5) is 0. The van der Waals surface area contributed by atoms with Crippen molar-refractivity contribution in [1.82, 2.24) is 0 Å². The Bertz CT molecular complexity index is 6010. The van der Waals surface area contributed by atoms with Gasteiger partial charge in [-0.2, -0.15) is 0 Å². The molecule has 26 rings (SSSR count). The van der Waals surface area contributed by atoms with Crippen LogP contribution in [0.15, 0.2) is 388 Å². The van der Waals surface area contributed by atoms with Crippen molar-refractivity contribution >= 4 is 67.4 Å². The molecule has 0 amide bonds. The van der Waals surface area contributed by atoms with E-state index in [1.54, 1.807) is 27.8 Å². The molecule has 123 heavy (non-hydrogen) atoms. The van der Waals surface area contributed by atoms with Crippen LogP contribution in [0.4, 0.5) is 0 Å². The fraction of sp³-hybridized carbons (Fsp3) is 0.187. The van der Waals surface area contributed by atoms with Gasteiger partial charge in [-0.3, -0.25) is 0 Å². The molecule has 0 saturated carbocycles. The average Bonchev–Trinajstić information content (AvgIpc) is 1.30. The number of rotatable bonds is 0. The van der Waals surface area contributed by atoms with Crippen LogP contribution in [0.3, 0.4) is 0 Å². The molecule has 0 fully saturated rings. The van der Waals surface area contributed by atoms with Crippen molar-refractivity contribution in [3.8, 4) is 11.1 Å². The second-order valence-corrected chi connectivity index (χ2v) is 33.4. The minimum atomic E-state index is 0. The molecular formula is C123H118. The van der Waals surface area contributed by atoms with Gasteiger partial charge >= 0.3 is 0 Å². The molecule has 16 aromatic carbocycles. The lowest BCUT2D eigenvalue weighted by Gasteiger charge is -2.19. The topological polar surface area (TPSA) is 0 Å². The molecule has 0 N–H and O–H groups in total. The Morgan fingerprint density at radius 3 is 0.927 bits per heavy atom. The lowest BCUT2D eigenvalue weighted by atomic mass is 9.86. The third-order valence-electron chi connectivity index (χ3n) is 25.2. The molecule has 16 aromatic rings. The third-order valence-corrected chi connectivity index (χ3v) is 25.2. The van der Waals surface area contributed by atoms with Crippen LogP contribution in [0.2, 0.25) is 0 Å². The number of hydrogen-bond acceptors (Lipinski definition) is 0. The minimum Gasteiger partial charge on any atom is -0.0835 e. The summed E-state index contributed by atoms with van der Waals surface area (Å²) in [6, 6.07) is 122. The Kier molecular flexibility index (Phi) is 29.0. The van der Waals surface area contributed by atoms with E-state index in [0.717, 1.165) is 38.5 Å². The van der Waals surface area contributed by atoms with Crippen molar-refractivity contribution in [3.63, 3.8) is 0 Å². The van der Waals surface area contributed by atoms with Gasteiger partial charge in [0, 0.05) is 5.92 Å². The van der Waals surface area contributed by atoms with E-state index in [4.69, 9.17) is 0 Å². The van der Waals surface area contributed by atoms with E-state index in [-0.39, 0.29) is 14.9 Å². The normalized spacial score (nSPS) is 14.4. The molecule has 0 bridgehead atoms. The Hall–Kier alpha value is -13.0. The van der Waals surface area contributed by atoms with Crippen LogP contribution in [-0.4, -0.2) is 0 Å². The van der Waals surface area contributed by atoms with Crippen LogP contribution >= 0.6 is 0 Å². The summed E-state index contributed by atoms with van der Waals surface area (Å²) in [7, 11) is 0. The standard InChI is InChI=1S/C15H14.C15H12.C14H12.C14H10.C14H12.C14H10.C12H14.C12H10.C8H8.C3H8.2CH4/c2*1-3-7-14-11-15-8-4-2-6-13(15)10-9-12(14)5-1;2*1-3-7-13-11(5-1)9-10-12-6-2-4-8-14(12)13;2*1-2-6-12-10-14-8-4-3-7-13(14)9-11(12)5-1;2*1-3-9-7-11-5-2-6-12(11)8-10(9)4-1;1-3-7-5-2-6-8(7)4-1;1-3-2;;/h1-8H,9-11H2;1-10H,11H2;1-8H,9-10H2;1-10H;1-8H,9-10H2;1-10H;7-8H,1-6H2;1-3,6-8H,4-5H2;1-5,7H,6H2;3H2,1-2H3;2*1H4. The lowest BCUT2D eigenvalue weighted by Crippen LogP contribution is -2.06. The Balaban J connectivity index is 0.000000107. The average molecular weight is 1600 g/mol. The first-order valence-electron chi connectivity index (χ1n) is 44.6. The van der Waals surface area contributed by atoms with Crippen molar-refractivity contribution in [2.75, 3.05) is 0 Å². The zero-order chi connectivity index (χ0) is 81.7. The van der Waals surface area contributed by atoms with Crippen LogP contribution in [0.1, 0.15) is 177 Å². The lowest BCUT2D eigenvalue weighted by molar-refractivity contribution is 0.897. The molecule has 1 atom stereocenters. The Morgan fingerprint density at radius 1 is 0.228 bits per heavy atom. The smallest absolute Gasteiger partial charge is 0.0166 e. The highest BCUT2D eigenvalue weighted by Crippen LogP contribution is 2.37. The number of benzene rings is 16. The van der Waals surface area contributed by atoms with E-state index in [0.29, 0.717) is 5.92 Å². The quantitative estimate of drug-likeness (QED) is 0.0806. The van der Waals surface area contributed by atoms with Crippen LogP contribution in [-0.2, 0) is 89.9 Å². The summed E-state index contributed by atoms with van der Waals surface area (Å²) in [5, 5.41) is 10.5. The fourth-order valence-corrected chi connectivity index (χ4v) is 18.8. The third kappa shape index (κ3) is 21.1. The highest BCUT2D eigenvalue weighted by molar-refractivity contribution is 6.07. The first-order chi connectivity index (χ1) is 59.9. The van der Waals surface area contributed by atoms with E-state index in [1.807, 2.05) is 0 Å². The van der Waals surface area contributed by atoms with Gasteiger partial charge in [0.1, 0.15) is 0 Å². The number of aryl methyl sites for hydroxylation is 8. The fourth-order valence-electron chi connectivity index (χ4n) is 18.8. The minimum absolute atomic E-state index is 0. The number of hydrogen-bond donors (Lipinski definition) is 0. The van der Waals surface area contributed by atoms with Crippen molar-refractivity contribution < 1.29 is 0 Å². The second-order valence-electron chi connectivity index (χ2n) is 33.4. The van der Waals surface area contributed by atoms with E-state index < -0.39 is 0 Å². The Labute approximate surface area is 733 Å². The van der Waals surface area contributed by atoms with E-state index >= 15 is 0 Å². The molecule has 0 nitrogen and oxygen atoms in total. The molecule has 0 aliphatic heterocycles. The summed E-state index contributed by atoms with van der Waals surface area (Å²) in [6.07, 6.45) is 46.3. The SMILES string of the molecule is C.C.C1=CC2C=CCC2=C1.C1=Cc2cc3c(cc2C1)C=CC3.C1=Cc2ccccc2Cc2ccccc21.CCC.c1c2c(cc3c1CCC3)CCC2.c1ccc2c(c1)CCc1ccccc1-2.c1ccc2c(c1)CCc1ccccc1C2.c1ccc2c(c1)Cc1ccccc1C2.c1ccc2c(c1)ccc1ccccc12.c1ccc2cc3ccccc3cc2c1. The molecule has 10 aliphatic carbocycles. The number of allylic oxidation sites excluding steroid dienone is 8. The summed E-state index contributed by atoms with van der Waals surface area (Å²) in [6.45, 7) is 4.25. The Morgan fingerprint density at radius 2 is 0.537 bits per heavy atom. The second kappa shape index (κ2) is 42.0. The molecule has 10 aliphatic rings. The molecule has 0 saturated heterocycles. The van der Waals surface area contributed by atoms with Gasteiger partial charge in [-0.15, -0.1) is 0 Å². The van der Waals surface area contributed by atoms with Crippen molar-refractivity contribution in [3.05, 3.63) is 510 Å². The molecule has 0 heteroatoms. The van der Waals surface area contributed by atoms with Crippen LogP contribution in [0.5, 0.6) is 0 Å². The van der Waals surface area contributed by atoms with Gasteiger partial charge in [-0.25, -0.2) is 0 Å². The monoisotopic (exact) mass is 1590 g/mol. The van der Waals surface area contributed by atoms with Gasteiger partial charge in [0.05, 0.1) is 0 Å². The highest BCUT2D eigenvalue weighted by atomic mass is 14.3. The maximum absolute atomic E-state index is 2.48. The summed E-state index contributed by atoms with van der Waals surface area (Å²) in [5.74, 6) is 0.676. The van der Waals surface area contributed by atoms with Crippen molar-refractivity contribution in [2.45, 2.75) is 144 Å². The predicted molar refractivity (Wildman–Crippen MR) is 535 cm³/mol. The summed E-state index contributed by atoms with van der Waals surface area (Å²) < 4.78 is 0. The molecule has 0 spiro atoms. The van der Waals surface area contributed by atoms with E-state index in [2.05, 4.69) is 420 Å². The van der Waals surface area contributed by atoms with Gasteiger partial charge in [0.2, 0.25) is 0 Å². The predicted octanol–water partition coefficient (Wildman–Crippen LogP) is 32.0. The van der Waals surface area contributed by atoms with Crippen LogP contribution < -0.4 is 0 Å². The molecule has 0 heterocycles. The first-order valence-corrected chi connectivity index (χ1v) is 44.6. The van der Waals surface area contributed by atoms with Crippen LogP contribution in [0, 0.1) is 5.92 Å². The largest absolute Gasteiger partial charge is 0.0835 e. The zero-order valence-corrected chi connectivity index (χ0v) is 70.5. The maximum atomic E-state index is 2.48. The zero-order valence-electron chi connectivity index (χ0n) is 70.5. The molecular weight excluding hydrogens is 1480 g/mol. The summed E-state index contributed by atoms with van der Waals surface area (Å²) >= 11 is 0. The van der Waals surface area contributed by atoms with Gasteiger partial charge in [-0.05, 0) is 298 Å². The molecule has 610 valence electrons.